The molecule has 1 aromatic heterocycles. The number of para-hydroxylation sites is 1. The number of hydrogen-bond donors (Lipinski definition) is 1. The van der Waals surface area contributed by atoms with Crippen molar-refractivity contribution in [3.05, 3.63) is 58.4 Å². The summed E-state index contributed by atoms with van der Waals surface area (Å²) in [7, 11) is 0. The number of benzene rings is 1. The topological polar surface area (TPSA) is 73.8 Å². The molecule has 4 rings (SSSR count). The summed E-state index contributed by atoms with van der Waals surface area (Å²) in [5.74, 6) is -0.304. The first-order valence-corrected chi connectivity index (χ1v) is 10.5. The van der Waals surface area contributed by atoms with Gasteiger partial charge in [-0.05, 0) is 74.7 Å². The van der Waals surface area contributed by atoms with Crippen molar-refractivity contribution in [3.63, 3.8) is 0 Å². The minimum Gasteiger partial charge on any atom is -0.318 e. The molecule has 0 unspecified atom stereocenters. The van der Waals surface area contributed by atoms with Gasteiger partial charge in [0.05, 0.1) is 5.57 Å². The van der Waals surface area contributed by atoms with Crippen LogP contribution in [0.15, 0.2) is 46.0 Å². The Kier molecular flexibility index (Phi) is 5.00. The number of aryl methyl sites for hydroxylation is 2. The van der Waals surface area contributed by atoms with Gasteiger partial charge < -0.3 is 4.57 Å². The first kappa shape index (κ1) is 19.4. The molecule has 7 heteroatoms. The molecule has 0 saturated carbocycles. The highest BCUT2D eigenvalue weighted by molar-refractivity contribution is 8.26. The number of rotatable bonds is 4. The molecule has 148 valence electrons. The quantitative estimate of drug-likeness (QED) is 0.741. The van der Waals surface area contributed by atoms with Gasteiger partial charge in [0.1, 0.15) is 5.04 Å². The first-order chi connectivity index (χ1) is 13.9. The van der Waals surface area contributed by atoms with Gasteiger partial charge in [0.25, 0.3) is 5.91 Å². The minimum absolute atomic E-state index is 0.0827. The molecule has 0 aliphatic carbocycles. The largest absolute Gasteiger partial charge is 0.318 e. The Morgan fingerprint density at radius 3 is 2.69 bits per heavy atom. The van der Waals surface area contributed by atoms with E-state index in [4.69, 9.17) is 5.41 Å². The van der Waals surface area contributed by atoms with E-state index in [1.807, 2.05) is 32.0 Å². The van der Waals surface area contributed by atoms with E-state index in [9.17, 15) is 4.79 Å². The van der Waals surface area contributed by atoms with E-state index >= 15 is 0 Å². The average molecular weight is 406 g/mol. The number of fused-ring (bicyclic) bond motifs is 1. The number of hydrogen-bond acceptors (Lipinski definition) is 4. The van der Waals surface area contributed by atoms with Gasteiger partial charge in [-0.15, -0.1) is 0 Å². The van der Waals surface area contributed by atoms with E-state index in [2.05, 4.69) is 40.6 Å². The summed E-state index contributed by atoms with van der Waals surface area (Å²) in [4.78, 5) is 16.8. The zero-order valence-electron chi connectivity index (χ0n) is 17.0. The highest BCUT2D eigenvalue weighted by Crippen LogP contribution is 2.31. The van der Waals surface area contributed by atoms with Crippen LogP contribution in [0.2, 0.25) is 0 Å². The normalized spacial score (nSPS) is 17.7. The summed E-state index contributed by atoms with van der Waals surface area (Å²) >= 11 is 1.38. The minimum atomic E-state index is -0.387. The number of aliphatic imine (C=N–C) groups is 1. The van der Waals surface area contributed by atoms with Crippen LogP contribution in [0.1, 0.15) is 42.3 Å². The van der Waals surface area contributed by atoms with E-state index in [1.165, 1.54) is 22.3 Å². The summed E-state index contributed by atoms with van der Waals surface area (Å²) < 4.78 is 2.18. The zero-order valence-corrected chi connectivity index (χ0v) is 17.8. The van der Waals surface area contributed by atoms with Crippen LogP contribution in [0.3, 0.4) is 0 Å². The summed E-state index contributed by atoms with van der Waals surface area (Å²) in [6.45, 7) is 8.24. The van der Waals surface area contributed by atoms with Crippen LogP contribution in [0.25, 0.3) is 11.8 Å². The third-order valence-corrected chi connectivity index (χ3v) is 6.05. The lowest BCUT2D eigenvalue weighted by molar-refractivity contribution is -0.114. The molecule has 1 N–H and O–H groups in total. The summed E-state index contributed by atoms with van der Waals surface area (Å²) in [5, 5.41) is 15.8. The number of hydrazone groups is 1. The van der Waals surface area contributed by atoms with Crippen molar-refractivity contribution in [3.8, 4) is 5.69 Å². The highest BCUT2D eigenvalue weighted by atomic mass is 32.2. The molecule has 0 radical (unpaired) electrons. The number of carbonyl (C=O) groups excluding carboxylic acids is 1. The van der Waals surface area contributed by atoms with Crippen molar-refractivity contribution < 1.29 is 4.79 Å². The Morgan fingerprint density at radius 2 is 1.97 bits per heavy atom. The number of aromatic nitrogens is 1. The second-order valence-electron chi connectivity index (χ2n) is 7.21. The van der Waals surface area contributed by atoms with Crippen molar-refractivity contribution >= 4 is 39.8 Å². The van der Waals surface area contributed by atoms with Crippen LogP contribution in [0.4, 0.5) is 0 Å². The maximum Gasteiger partial charge on any atom is 0.283 e. The molecule has 0 fully saturated rings. The van der Waals surface area contributed by atoms with E-state index in [-0.39, 0.29) is 17.3 Å². The van der Waals surface area contributed by atoms with Gasteiger partial charge in [0, 0.05) is 17.1 Å². The van der Waals surface area contributed by atoms with Crippen LogP contribution >= 0.6 is 11.8 Å². The van der Waals surface area contributed by atoms with Gasteiger partial charge >= 0.3 is 0 Å². The van der Waals surface area contributed by atoms with E-state index in [1.54, 1.807) is 6.08 Å². The lowest BCUT2D eigenvalue weighted by Crippen LogP contribution is -2.35. The SMILES string of the molecule is CCCC1=NN2C(=N)/C(=C\c3cc(C)n(-c4ccccc4C)c3C)C(=O)N=C2S1. The van der Waals surface area contributed by atoms with Crippen molar-refractivity contribution in [2.24, 2.45) is 10.1 Å². The second kappa shape index (κ2) is 7.48. The number of thioether (sulfide) groups is 1. The van der Waals surface area contributed by atoms with Crippen LogP contribution in [0, 0.1) is 26.2 Å². The molecule has 0 saturated heterocycles. The van der Waals surface area contributed by atoms with Crippen molar-refractivity contribution in [1.82, 2.24) is 9.58 Å². The number of amidine groups is 2. The zero-order chi connectivity index (χ0) is 20.7. The number of amides is 1. The number of nitrogens with zero attached hydrogens (tertiary/aromatic N) is 4. The van der Waals surface area contributed by atoms with Gasteiger partial charge in [-0.2, -0.15) is 15.1 Å². The van der Waals surface area contributed by atoms with Gasteiger partial charge in [0.2, 0.25) is 5.17 Å². The molecular formula is C22H23N5OS. The van der Waals surface area contributed by atoms with E-state index in [0.29, 0.717) is 5.17 Å². The Hall–Kier alpha value is -2.93. The standard InChI is InChI=1S/C22H23N5OS/c1-5-8-19-25-27-20(23)17(21(28)24-22(27)29-19)12-16-11-14(3)26(15(16)4)18-10-7-6-9-13(18)2/h6-7,9-12,23H,5,8H2,1-4H3/b17-12+,23-20?. The molecule has 1 amide bonds. The van der Waals surface area contributed by atoms with Crippen LogP contribution in [-0.4, -0.2) is 31.5 Å². The predicted molar refractivity (Wildman–Crippen MR) is 120 cm³/mol. The molecular weight excluding hydrogens is 382 g/mol. The fraction of sp³-hybridized carbons (Fsp3) is 0.273. The van der Waals surface area contributed by atoms with E-state index in [0.717, 1.165) is 40.5 Å². The van der Waals surface area contributed by atoms with Crippen LogP contribution in [-0.2, 0) is 4.79 Å². The van der Waals surface area contributed by atoms with Crippen molar-refractivity contribution in [2.75, 3.05) is 0 Å². The van der Waals surface area contributed by atoms with E-state index < -0.39 is 0 Å². The molecule has 6 nitrogen and oxygen atoms in total. The third kappa shape index (κ3) is 3.35. The molecule has 2 aliphatic heterocycles. The third-order valence-electron chi connectivity index (χ3n) is 5.09. The molecule has 2 aromatic rings. The Labute approximate surface area is 174 Å². The number of carbonyl (C=O) groups is 1. The van der Waals surface area contributed by atoms with Gasteiger partial charge in [-0.25, -0.2) is 0 Å². The molecule has 0 atom stereocenters. The fourth-order valence-corrected chi connectivity index (χ4v) is 4.61. The summed E-state index contributed by atoms with van der Waals surface area (Å²) in [5.41, 5.74) is 5.55. The van der Waals surface area contributed by atoms with Gasteiger partial charge in [0.15, 0.2) is 5.84 Å². The first-order valence-electron chi connectivity index (χ1n) is 9.64. The Morgan fingerprint density at radius 1 is 1.21 bits per heavy atom. The maximum absolute atomic E-state index is 12.6. The molecule has 3 heterocycles. The monoisotopic (exact) mass is 405 g/mol. The average Bonchev–Trinajstić information content (AvgIpc) is 3.20. The summed E-state index contributed by atoms with van der Waals surface area (Å²) in [6, 6.07) is 10.3. The Balaban J connectivity index is 1.74. The lowest BCUT2D eigenvalue weighted by atomic mass is 10.1. The maximum atomic E-state index is 12.6. The van der Waals surface area contributed by atoms with Gasteiger partial charge in [-0.3, -0.25) is 10.2 Å². The fourth-order valence-electron chi connectivity index (χ4n) is 3.62. The Bertz CT molecular complexity index is 1120. The lowest BCUT2D eigenvalue weighted by Gasteiger charge is -2.20. The molecule has 0 spiro atoms. The second-order valence-corrected chi connectivity index (χ2v) is 8.25. The smallest absolute Gasteiger partial charge is 0.283 e. The molecule has 2 aliphatic rings. The molecule has 0 bridgehead atoms. The highest BCUT2D eigenvalue weighted by Gasteiger charge is 2.35. The predicted octanol–water partition coefficient (Wildman–Crippen LogP) is 4.82. The van der Waals surface area contributed by atoms with Crippen molar-refractivity contribution in [2.45, 2.75) is 40.5 Å². The van der Waals surface area contributed by atoms with Crippen LogP contribution in [0.5, 0.6) is 0 Å². The molecule has 29 heavy (non-hydrogen) atoms. The molecule has 1 aromatic carbocycles. The number of nitrogens with one attached hydrogen (secondary N) is 1. The van der Waals surface area contributed by atoms with Gasteiger partial charge in [-0.1, -0.05) is 25.1 Å². The van der Waals surface area contributed by atoms with Crippen molar-refractivity contribution in [1.29, 1.82) is 5.41 Å². The van der Waals surface area contributed by atoms with Crippen LogP contribution < -0.4 is 0 Å². The summed E-state index contributed by atoms with van der Waals surface area (Å²) in [6.07, 6.45) is 3.54.